The molecule has 0 bridgehead atoms. The molecule has 4 N–H and O–H groups in total. The number of nitrogen functional groups attached to an aromatic ring is 1. The second-order valence-electron chi connectivity index (χ2n) is 4.09. The van der Waals surface area contributed by atoms with E-state index in [9.17, 15) is 0 Å². The predicted molar refractivity (Wildman–Crippen MR) is 77.1 cm³/mol. The van der Waals surface area contributed by atoms with Crippen LogP contribution >= 0.6 is 0 Å². The highest BCUT2D eigenvalue weighted by atomic mass is 15.3. The minimum absolute atomic E-state index is 0.618. The molecular weight excluding hydrogens is 238 g/mol. The number of rotatable bonds is 3. The Morgan fingerprint density at radius 3 is 2.74 bits per heavy atom. The first kappa shape index (κ1) is 11.4. The number of benzene rings is 1. The molecule has 5 heteroatoms. The Hall–Kier alpha value is -2.66. The molecule has 3 rings (SSSR count). The molecule has 0 fully saturated rings. The lowest BCUT2D eigenvalue weighted by molar-refractivity contribution is 1.22. The van der Waals surface area contributed by atoms with Gasteiger partial charge in [0.1, 0.15) is 11.6 Å². The molecule has 0 aliphatic carbocycles. The van der Waals surface area contributed by atoms with Crippen LogP contribution in [-0.2, 0) is 0 Å². The van der Waals surface area contributed by atoms with Gasteiger partial charge in [0.05, 0.1) is 5.52 Å². The third kappa shape index (κ3) is 2.46. The molecule has 2 aromatic heterocycles. The van der Waals surface area contributed by atoms with Crippen LogP contribution in [0.1, 0.15) is 0 Å². The van der Waals surface area contributed by atoms with E-state index in [1.165, 1.54) is 0 Å². The topological polar surface area (TPSA) is 75.9 Å². The molecule has 1 aromatic carbocycles. The first-order valence-electron chi connectivity index (χ1n) is 5.91. The van der Waals surface area contributed by atoms with Gasteiger partial charge in [-0.2, -0.15) is 0 Å². The molecule has 19 heavy (non-hydrogen) atoms. The molecule has 0 radical (unpaired) electrons. The summed E-state index contributed by atoms with van der Waals surface area (Å²) in [5, 5.41) is 4.32. The summed E-state index contributed by atoms with van der Waals surface area (Å²) in [6.45, 7) is 0. The van der Waals surface area contributed by atoms with Crippen molar-refractivity contribution in [2.45, 2.75) is 0 Å². The highest BCUT2D eigenvalue weighted by Crippen LogP contribution is 2.20. The van der Waals surface area contributed by atoms with Crippen LogP contribution in [0.2, 0.25) is 0 Å². The average Bonchev–Trinajstić information content (AvgIpc) is 2.47. The zero-order valence-electron chi connectivity index (χ0n) is 10.2. The summed E-state index contributed by atoms with van der Waals surface area (Å²) in [5.74, 6) is 6.69. The third-order valence-corrected chi connectivity index (χ3v) is 2.77. The van der Waals surface area contributed by atoms with Crippen molar-refractivity contribution in [3.8, 4) is 0 Å². The maximum Gasteiger partial charge on any atom is 0.142 e. The average molecular weight is 251 g/mol. The van der Waals surface area contributed by atoms with Crippen molar-refractivity contribution in [1.29, 1.82) is 0 Å². The summed E-state index contributed by atoms with van der Waals surface area (Å²) in [6, 6.07) is 15.5. The Morgan fingerprint density at radius 1 is 0.947 bits per heavy atom. The Labute approximate surface area is 110 Å². The Balaban J connectivity index is 1.92. The summed E-state index contributed by atoms with van der Waals surface area (Å²) in [7, 11) is 0. The van der Waals surface area contributed by atoms with Gasteiger partial charge in [-0.05, 0) is 36.4 Å². The largest absolute Gasteiger partial charge is 0.340 e. The number of hydrazine groups is 1. The highest BCUT2D eigenvalue weighted by molar-refractivity contribution is 5.83. The van der Waals surface area contributed by atoms with Crippen LogP contribution in [0.3, 0.4) is 0 Å². The van der Waals surface area contributed by atoms with E-state index in [1.54, 1.807) is 12.3 Å². The van der Waals surface area contributed by atoms with Gasteiger partial charge in [0.25, 0.3) is 0 Å². The van der Waals surface area contributed by atoms with Gasteiger partial charge in [-0.3, -0.25) is 4.98 Å². The number of hydrogen-bond donors (Lipinski definition) is 3. The Bertz CT molecular complexity index is 711. The molecule has 0 spiro atoms. The summed E-state index contributed by atoms with van der Waals surface area (Å²) in [5.41, 5.74) is 4.45. The van der Waals surface area contributed by atoms with Gasteiger partial charge < -0.3 is 10.7 Å². The summed E-state index contributed by atoms with van der Waals surface area (Å²) < 4.78 is 0. The molecule has 0 amide bonds. The van der Waals surface area contributed by atoms with E-state index < -0.39 is 0 Å². The van der Waals surface area contributed by atoms with Crippen LogP contribution in [0, 0.1) is 0 Å². The van der Waals surface area contributed by atoms with E-state index in [1.807, 2.05) is 42.5 Å². The SMILES string of the molecule is NNc1cccc(Nc2ccc3ncccc3c2)n1. The quantitative estimate of drug-likeness (QED) is 0.493. The highest BCUT2D eigenvalue weighted by Gasteiger charge is 1.99. The smallest absolute Gasteiger partial charge is 0.142 e. The number of aromatic nitrogens is 2. The van der Waals surface area contributed by atoms with Crippen molar-refractivity contribution in [2.24, 2.45) is 5.84 Å². The standard InChI is InChI=1S/C14H13N5/c15-19-14-5-1-4-13(18-14)17-11-6-7-12-10(9-11)3-2-8-16-12/h1-9H,15H2,(H2,17,18,19). The Morgan fingerprint density at radius 2 is 1.84 bits per heavy atom. The number of nitrogens with zero attached hydrogens (tertiary/aromatic N) is 2. The van der Waals surface area contributed by atoms with Crippen molar-refractivity contribution >= 4 is 28.2 Å². The lowest BCUT2D eigenvalue weighted by atomic mass is 10.2. The monoisotopic (exact) mass is 251 g/mol. The molecule has 3 aromatic rings. The van der Waals surface area contributed by atoms with Crippen LogP contribution in [0.4, 0.5) is 17.3 Å². The molecule has 94 valence electrons. The van der Waals surface area contributed by atoms with Gasteiger partial charge in [0.2, 0.25) is 0 Å². The normalized spacial score (nSPS) is 10.4. The van der Waals surface area contributed by atoms with Crippen LogP contribution in [-0.4, -0.2) is 9.97 Å². The first-order chi connectivity index (χ1) is 9.35. The lowest BCUT2D eigenvalue weighted by Crippen LogP contribution is -2.08. The summed E-state index contributed by atoms with van der Waals surface area (Å²) in [6.07, 6.45) is 1.79. The van der Waals surface area contributed by atoms with Crippen molar-refractivity contribution < 1.29 is 0 Å². The number of fused-ring (bicyclic) bond motifs is 1. The van der Waals surface area contributed by atoms with E-state index in [-0.39, 0.29) is 0 Å². The predicted octanol–water partition coefficient (Wildman–Crippen LogP) is 2.66. The van der Waals surface area contributed by atoms with E-state index in [0.29, 0.717) is 5.82 Å². The number of nitrogens with two attached hydrogens (primary N) is 1. The fourth-order valence-electron chi connectivity index (χ4n) is 1.89. The molecular formula is C14H13N5. The molecule has 0 aliphatic rings. The maximum atomic E-state index is 5.34. The molecule has 0 unspecified atom stereocenters. The third-order valence-electron chi connectivity index (χ3n) is 2.77. The fraction of sp³-hybridized carbons (Fsp3) is 0. The number of nitrogens with one attached hydrogen (secondary N) is 2. The zero-order chi connectivity index (χ0) is 13.1. The minimum atomic E-state index is 0.618. The van der Waals surface area contributed by atoms with Crippen LogP contribution in [0.15, 0.2) is 54.7 Å². The lowest BCUT2D eigenvalue weighted by Gasteiger charge is -2.08. The van der Waals surface area contributed by atoms with Gasteiger partial charge in [0.15, 0.2) is 0 Å². The van der Waals surface area contributed by atoms with Crippen LogP contribution < -0.4 is 16.6 Å². The van der Waals surface area contributed by atoms with E-state index in [0.717, 1.165) is 22.4 Å². The number of hydrogen-bond acceptors (Lipinski definition) is 5. The van der Waals surface area contributed by atoms with Gasteiger partial charge in [-0.1, -0.05) is 12.1 Å². The minimum Gasteiger partial charge on any atom is -0.340 e. The van der Waals surface area contributed by atoms with E-state index in [4.69, 9.17) is 5.84 Å². The van der Waals surface area contributed by atoms with Crippen molar-refractivity contribution in [3.63, 3.8) is 0 Å². The molecule has 0 saturated carbocycles. The zero-order valence-corrected chi connectivity index (χ0v) is 10.2. The second-order valence-corrected chi connectivity index (χ2v) is 4.09. The molecule has 0 aliphatic heterocycles. The van der Waals surface area contributed by atoms with Crippen molar-refractivity contribution in [1.82, 2.24) is 9.97 Å². The first-order valence-corrected chi connectivity index (χ1v) is 5.91. The number of pyridine rings is 2. The second kappa shape index (κ2) is 4.91. The van der Waals surface area contributed by atoms with Gasteiger partial charge in [-0.15, -0.1) is 0 Å². The van der Waals surface area contributed by atoms with E-state index >= 15 is 0 Å². The van der Waals surface area contributed by atoms with E-state index in [2.05, 4.69) is 20.7 Å². The van der Waals surface area contributed by atoms with Crippen LogP contribution in [0.25, 0.3) is 10.9 Å². The summed E-state index contributed by atoms with van der Waals surface area (Å²) in [4.78, 5) is 8.59. The fourth-order valence-corrected chi connectivity index (χ4v) is 1.89. The number of anilines is 3. The molecule has 0 saturated heterocycles. The molecule has 0 atom stereocenters. The summed E-state index contributed by atoms with van der Waals surface area (Å²) >= 11 is 0. The Kier molecular flexibility index (Phi) is 2.96. The van der Waals surface area contributed by atoms with Crippen molar-refractivity contribution in [2.75, 3.05) is 10.7 Å². The maximum absolute atomic E-state index is 5.34. The van der Waals surface area contributed by atoms with Gasteiger partial charge in [0, 0.05) is 17.3 Å². The van der Waals surface area contributed by atoms with Gasteiger partial charge >= 0.3 is 0 Å². The molecule has 2 heterocycles. The van der Waals surface area contributed by atoms with Gasteiger partial charge in [-0.25, -0.2) is 10.8 Å². The van der Waals surface area contributed by atoms with Crippen molar-refractivity contribution in [3.05, 3.63) is 54.7 Å². The molecule has 5 nitrogen and oxygen atoms in total. The van der Waals surface area contributed by atoms with Crippen LogP contribution in [0.5, 0.6) is 0 Å².